The lowest BCUT2D eigenvalue weighted by Gasteiger charge is -2.30. The fraction of sp³-hybridized carbons (Fsp3) is 0.579. The molecule has 26 heavy (non-hydrogen) atoms. The first-order chi connectivity index (χ1) is 12.2. The monoisotopic (exact) mass is 380 g/mol. The van der Waals surface area contributed by atoms with Gasteiger partial charge in [-0.25, -0.2) is 8.42 Å². The average Bonchev–Trinajstić information content (AvgIpc) is 2.91. The van der Waals surface area contributed by atoms with Gasteiger partial charge in [0, 0.05) is 19.5 Å². The number of hydrogen-bond acceptors (Lipinski definition) is 4. The Morgan fingerprint density at radius 2 is 1.92 bits per heavy atom. The molecule has 1 saturated heterocycles. The number of amides is 2. The lowest BCUT2D eigenvalue weighted by Crippen LogP contribution is -2.43. The number of carbonyl (C=O) groups is 2. The van der Waals surface area contributed by atoms with Crippen LogP contribution in [0, 0.1) is 6.92 Å². The van der Waals surface area contributed by atoms with Gasteiger partial charge in [0.25, 0.3) is 0 Å². The third-order valence-electron chi connectivity index (χ3n) is 4.67. The van der Waals surface area contributed by atoms with Crippen LogP contribution in [0.4, 0.5) is 0 Å². The summed E-state index contributed by atoms with van der Waals surface area (Å²) in [6, 6.07) is 7.03. The first-order valence-electron chi connectivity index (χ1n) is 9.05. The zero-order chi connectivity index (χ0) is 19.3. The molecule has 0 bridgehead atoms. The Balaban J connectivity index is 2.17. The van der Waals surface area contributed by atoms with Crippen molar-refractivity contribution >= 4 is 21.7 Å². The van der Waals surface area contributed by atoms with Crippen molar-refractivity contribution < 1.29 is 18.0 Å². The minimum absolute atomic E-state index is 0.0358. The van der Waals surface area contributed by atoms with Gasteiger partial charge in [0.05, 0.1) is 24.0 Å². The number of benzene rings is 1. The molecule has 2 atom stereocenters. The molecule has 1 aliphatic heterocycles. The van der Waals surface area contributed by atoms with Gasteiger partial charge in [-0.3, -0.25) is 9.59 Å². The van der Waals surface area contributed by atoms with Crippen molar-refractivity contribution in [3.8, 4) is 0 Å². The topological polar surface area (TPSA) is 83.6 Å². The van der Waals surface area contributed by atoms with Crippen LogP contribution in [0.5, 0.6) is 0 Å². The third kappa shape index (κ3) is 5.56. The smallest absolute Gasteiger partial charge is 0.225 e. The van der Waals surface area contributed by atoms with E-state index < -0.39 is 15.9 Å². The van der Waals surface area contributed by atoms with Crippen molar-refractivity contribution in [1.82, 2.24) is 10.2 Å². The summed E-state index contributed by atoms with van der Waals surface area (Å²) < 4.78 is 23.6. The Morgan fingerprint density at radius 3 is 2.42 bits per heavy atom. The Labute approximate surface area is 155 Å². The fourth-order valence-electron chi connectivity index (χ4n) is 3.36. The molecule has 2 rings (SSSR count). The maximum Gasteiger partial charge on any atom is 0.225 e. The van der Waals surface area contributed by atoms with Crippen molar-refractivity contribution in [3.63, 3.8) is 0 Å². The van der Waals surface area contributed by atoms with E-state index in [4.69, 9.17) is 0 Å². The summed E-state index contributed by atoms with van der Waals surface area (Å²) in [5, 5.41) is 2.85. The van der Waals surface area contributed by atoms with Gasteiger partial charge in [0.15, 0.2) is 9.84 Å². The molecule has 6 nitrogen and oxygen atoms in total. The zero-order valence-electron chi connectivity index (χ0n) is 15.7. The molecule has 0 aromatic heterocycles. The summed E-state index contributed by atoms with van der Waals surface area (Å²) in [5.74, 6) is -0.145. The number of aryl methyl sites for hydroxylation is 1. The Bertz CT molecular complexity index is 743. The molecule has 1 aromatic rings. The van der Waals surface area contributed by atoms with E-state index in [-0.39, 0.29) is 35.8 Å². The molecule has 1 aromatic carbocycles. The molecule has 0 radical (unpaired) electrons. The molecular weight excluding hydrogens is 352 g/mol. The van der Waals surface area contributed by atoms with E-state index in [1.807, 2.05) is 38.1 Å². The lowest BCUT2D eigenvalue weighted by molar-refractivity contribution is -0.134. The van der Waals surface area contributed by atoms with E-state index in [0.717, 1.165) is 17.5 Å². The summed E-state index contributed by atoms with van der Waals surface area (Å²) in [6.45, 7) is 5.90. The van der Waals surface area contributed by atoms with Crippen LogP contribution in [0.1, 0.15) is 50.3 Å². The van der Waals surface area contributed by atoms with E-state index in [1.165, 1.54) is 6.92 Å². The summed E-state index contributed by atoms with van der Waals surface area (Å²) in [6.07, 6.45) is 1.38. The molecule has 2 unspecified atom stereocenters. The van der Waals surface area contributed by atoms with Crippen LogP contribution in [0.25, 0.3) is 0 Å². The van der Waals surface area contributed by atoms with Crippen LogP contribution in [0.2, 0.25) is 0 Å². The van der Waals surface area contributed by atoms with E-state index >= 15 is 0 Å². The number of nitrogens with one attached hydrogen (secondary N) is 1. The molecule has 0 spiro atoms. The van der Waals surface area contributed by atoms with E-state index in [2.05, 4.69) is 5.32 Å². The molecule has 144 valence electrons. The Kier molecular flexibility index (Phi) is 6.81. The van der Waals surface area contributed by atoms with E-state index in [9.17, 15) is 18.0 Å². The molecule has 1 fully saturated rings. The average molecular weight is 381 g/mol. The van der Waals surface area contributed by atoms with Crippen LogP contribution in [-0.2, 0) is 19.4 Å². The fourth-order valence-corrected chi connectivity index (χ4v) is 5.09. The minimum Gasteiger partial charge on any atom is -0.349 e. The highest BCUT2D eigenvalue weighted by Crippen LogP contribution is 2.23. The summed E-state index contributed by atoms with van der Waals surface area (Å²) >= 11 is 0. The molecule has 7 heteroatoms. The van der Waals surface area contributed by atoms with Gasteiger partial charge in [-0.15, -0.1) is 0 Å². The van der Waals surface area contributed by atoms with Crippen LogP contribution < -0.4 is 5.32 Å². The molecule has 1 N–H and O–H groups in total. The normalized spacial score (nSPS) is 19.7. The Morgan fingerprint density at radius 1 is 1.27 bits per heavy atom. The molecule has 1 aliphatic rings. The first kappa shape index (κ1) is 20.4. The second-order valence-electron chi connectivity index (χ2n) is 7.01. The van der Waals surface area contributed by atoms with Crippen molar-refractivity contribution in [3.05, 3.63) is 35.4 Å². The van der Waals surface area contributed by atoms with E-state index in [0.29, 0.717) is 13.0 Å². The predicted octanol–water partition coefficient (Wildman–Crippen LogP) is 1.99. The number of nitrogens with zero attached hydrogens (tertiary/aromatic N) is 1. The summed E-state index contributed by atoms with van der Waals surface area (Å²) in [4.78, 5) is 26.2. The first-order valence-corrected chi connectivity index (χ1v) is 10.9. The van der Waals surface area contributed by atoms with Gasteiger partial charge in [-0.1, -0.05) is 36.8 Å². The molecule has 0 aliphatic carbocycles. The summed E-state index contributed by atoms with van der Waals surface area (Å²) in [5.41, 5.74) is 1.97. The summed E-state index contributed by atoms with van der Waals surface area (Å²) in [7, 11) is -3.06. The molecule has 2 amide bonds. The van der Waals surface area contributed by atoms with Crippen molar-refractivity contribution in [2.45, 2.75) is 52.1 Å². The maximum absolute atomic E-state index is 12.9. The number of hydrogen-bond donors (Lipinski definition) is 1. The SMILES string of the molecule is CCCN(C(=O)CC(NC(C)=O)c1ccc(C)cc1)C1CCS(=O)(=O)C1. The second-order valence-corrected chi connectivity index (χ2v) is 9.24. The van der Waals surface area contributed by atoms with Crippen LogP contribution in [-0.4, -0.2) is 49.2 Å². The third-order valence-corrected chi connectivity index (χ3v) is 6.42. The predicted molar refractivity (Wildman–Crippen MR) is 101 cm³/mol. The molecular formula is C19H28N2O4S. The van der Waals surface area contributed by atoms with Gasteiger partial charge in [-0.2, -0.15) is 0 Å². The van der Waals surface area contributed by atoms with E-state index in [1.54, 1.807) is 4.90 Å². The van der Waals surface area contributed by atoms with Crippen molar-refractivity contribution in [2.24, 2.45) is 0 Å². The van der Waals surface area contributed by atoms with Crippen molar-refractivity contribution in [2.75, 3.05) is 18.1 Å². The minimum atomic E-state index is -3.06. The van der Waals surface area contributed by atoms with Crippen LogP contribution >= 0.6 is 0 Å². The van der Waals surface area contributed by atoms with Crippen LogP contribution in [0.3, 0.4) is 0 Å². The van der Waals surface area contributed by atoms with Crippen LogP contribution in [0.15, 0.2) is 24.3 Å². The Hall–Kier alpha value is -1.89. The highest BCUT2D eigenvalue weighted by atomic mass is 32.2. The highest BCUT2D eigenvalue weighted by Gasteiger charge is 2.35. The number of sulfone groups is 1. The number of rotatable bonds is 7. The van der Waals surface area contributed by atoms with Gasteiger partial charge >= 0.3 is 0 Å². The van der Waals surface area contributed by atoms with Gasteiger partial charge in [0.1, 0.15) is 0 Å². The van der Waals surface area contributed by atoms with Gasteiger partial charge in [0.2, 0.25) is 11.8 Å². The number of carbonyl (C=O) groups excluding carboxylic acids is 2. The molecule has 0 saturated carbocycles. The molecule has 1 heterocycles. The quantitative estimate of drug-likeness (QED) is 0.784. The maximum atomic E-state index is 12.9. The van der Waals surface area contributed by atoms with Gasteiger partial charge in [-0.05, 0) is 25.3 Å². The van der Waals surface area contributed by atoms with Gasteiger partial charge < -0.3 is 10.2 Å². The lowest BCUT2D eigenvalue weighted by atomic mass is 10.0. The van der Waals surface area contributed by atoms with Crippen molar-refractivity contribution in [1.29, 1.82) is 0 Å². The second kappa shape index (κ2) is 8.66. The largest absolute Gasteiger partial charge is 0.349 e. The standard InChI is InChI=1S/C19H28N2O4S/c1-4-10-21(17-9-11-26(24,25)13-17)19(23)12-18(20-15(3)22)16-7-5-14(2)6-8-16/h5-8,17-18H,4,9-13H2,1-3H3,(H,20,22). The zero-order valence-corrected chi connectivity index (χ0v) is 16.5. The highest BCUT2D eigenvalue weighted by molar-refractivity contribution is 7.91.